The molecule has 9 nitrogen and oxygen atoms in total. The second-order valence-electron chi connectivity index (χ2n) is 13.5. The maximum Gasteiger partial charge on any atom is 0.265 e. The molecule has 3 N–H and O–H groups in total. The van der Waals surface area contributed by atoms with Gasteiger partial charge in [-0.25, -0.2) is 5.84 Å². The smallest absolute Gasteiger partial charge is 0.265 e. The van der Waals surface area contributed by atoms with Crippen molar-refractivity contribution in [2.45, 2.75) is 39.6 Å². The molecular weight excluding hydrogens is 729 g/mol. The Kier molecular flexibility index (Phi) is 13.5. The third kappa shape index (κ3) is 11.9. The molecule has 0 aliphatic rings. The Bertz CT molecular complexity index is 2080. The van der Waals surface area contributed by atoms with Crippen LogP contribution in [0.3, 0.4) is 0 Å². The number of nitrogens with two attached hydrogens (primary N) is 1. The molecular formula is C49H44N2O7. The van der Waals surface area contributed by atoms with Crippen LogP contribution in [0.2, 0.25) is 0 Å². The van der Waals surface area contributed by atoms with E-state index < -0.39 is 5.91 Å². The van der Waals surface area contributed by atoms with Crippen LogP contribution in [0.25, 0.3) is 0 Å². The fourth-order valence-corrected chi connectivity index (χ4v) is 6.01. The number of hydrogen-bond donors (Lipinski definition) is 2. The van der Waals surface area contributed by atoms with Gasteiger partial charge in [-0.2, -0.15) is 0 Å². The van der Waals surface area contributed by atoms with Gasteiger partial charge in [0, 0.05) is 23.8 Å². The molecule has 0 aliphatic heterocycles. The Morgan fingerprint density at radius 3 is 0.845 bits per heavy atom. The third-order valence-electron chi connectivity index (χ3n) is 8.96. The molecule has 0 unspecified atom stereocenters. The van der Waals surface area contributed by atoms with E-state index in [2.05, 4.69) is 5.43 Å². The Morgan fingerprint density at radius 1 is 0.345 bits per heavy atom. The number of rotatable bonds is 19. The van der Waals surface area contributed by atoms with Crippen molar-refractivity contribution >= 4 is 5.91 Å². The largest absolute Gasteiger partial charge is 0.489 e. The van der Waals surface area contributed by atoms with Crippen LogP contribution < -0.4 is 39.7 Å². The van der Waals surface area contributed by atoms with Gasteiger partial charge in [0.1, 0.15) is 74.1 Å². The van der Waals surface area contributed by atoms with Gasteiger partial charge in [0.15, 0.2) is 0 Å². The zero-order valence-corrected chi connectivity index (χ0v) is 31.9. The molecule has 0 atom stereocenters. The molecule has 0 heterocycles. The van der Waals surface area contributed by atoms with Gasteiger partial charge in [0.25, 0.3) is 5.91 Å². The van der Waals surface area contributed by atoms with Crippen molar-refractivity contribution in [3.63, 3.8) is 0 Å². The molecule has 0 radical (unpaired) electrons. The van der Waals surface area contributed by atoms with Crippen molar-refractivity contribution in [2.24, 2.45) is 5.84 Å². The van der Waals surface area contributed by atoms with E-state index in [0.717, 1.165) is 33.4 Å². The molecule has 0 saturated carbocycles. The minimum absolute atomic E-state index is 0.153. The lowest BCUT2D eigenvalue weighted by Gasteiger charge is -2.15. The van der Waals surface area contributed by atoms with E-state index in [4.69, 9.17) is 34.3 Å². The van der Waals surface area contributed by atoms with Gasteiger partial charge in [0.05, 0.1) is 0 Å². The van der Waals surface area contributed by atoms with E-state index >= 15 is 0 Å². The van der Waals surface area contributed by atoms with Crippen molar-refractivity contribution in [3.05, 3.63) is 215 Å². The lowest BCUT2D eigenvalue weighted by atomic mass is 10.1. The van der Waals surface area contributed by atoms with E-state index in [-0.39, 0.29) is 18.8 Å². The average molecular weight is 773 g/mol. The molecule has 9 heteroatoms. The first-order chi connectivity index (χ1) is 28.5. The number of nitrogen functional groups attached to an aromatic ring is 1. The van der Waals surface area contributed by atoms with Crippen LogP contribution >= 0.6 is 0 Å². The predicted molar refractivity (Wildman–Crippen MR) is 223 cm³/mol. The Hall–Kier alpha value is -7.23. The summed E-state index contributed by atoms with van der Waals surface area (Å²) in [7, 11) is 0. The van der Waals surface area contributed by atoms with E-state index in [1.807, 2.05) is 158 Å². The fourth-order valence-electron chi connectivity index (χ4n) is 6.01. The molecule has 292 valence electrons. The number of nitrogens with one attached hydrogen (secondary N) is 1. The second kappa shape index (κ2) is 20.1. The summed E-state index contributed by atoms with van der Waals surface area (Å²) in [5.74, 6) is 8.41. The molecule has 58 heavy (non-hydrogen) atoms. The van der Waals surface area contributed by atoms with Gasteiger partial charge in [-0.3, -0.25) is 10.2 Å². The van der Waals surface area contributed by atoms with Crippen LogP contribution in [0.15, 0.2) is 176 Å². The van der Waals surface area contributed by atoms with Gasteiger partial charge in [0.2, 0.25) is 0 Å². The monoisotopic (exact) mass is 772 g/mol. The second-order valence-corrected chi connectivity index (χ2v) is 13.5. The van der Waals surface area contributed by atoms with Crippen molar-refractivity contribution < 1.29 is 33.2 Å². The number of carbonyl (C=O) groups is 1. The van der Waals surface area contributed by atoms with Crippen LogP contribution in [0, 0.1) is 0 Å². The minimum Gasteiger partial charge on any atom is -0.489 e. The van der Waals surface area contributed by atoms with Gasteiger partial charge in [-0.1, -0.05) is 121 Å². The van der Waals surface area contributed by atoms with Crippen LogP contribution in [-0.4, -0.2) is 5.91 Å². The molecule has 0 aromatic heterocycles. The van der Waals surface area contributed by atoms with Crippen LogP contribution in [0.4, 0.5) is 0 Å². The summed E-state index contributed by atoms with van der Waals surface area (Å²) in [4.78, 5) is 12.8. The maximum atomic E-state index is 12.8. The number of hydrogen-bond acceptors (Lipinski definition) is 8. The zero-order chi connectivity index (χ0) is 39.8. The van der Waals surface area contributed by atoms with Gasteiger partial charge in [-0.05, 0) is 69.8 Å². The van der Waals surface area contributed by atoms with Gasteiger partial charge in [-0.15, -0.1) is 0 Å². The Labute approximate surface area is 338 Å². The average Bonchev–Trinajstić information content (AvgIpc) is 3.28. The molecule has 1 amide bonds. The molecule has 0 bridgehead atoms. The number of carbonyl (C=O) groups excluding carboxylic acids is 1. The summed E-state index contributed by atoms with van der Waals surface area (Å²) in [5.41, 5.74) is 8.26. The SMILES string of the molecule is NNC(=O)c1cc(OCc2cc(OCc3ccccc3)cc(OCc3ccccc3)c2)cc(OCc2cc(OCc3ccccc3)cc(OCc3ccccc3)c2)c1. The lowest BCUT2D eigenvalue weighted by Crippen LogP contribution is -2.30. The third-order valence-corrected chi connectivity index (χ3v) is 8.96. The first-order valence-electron chi connectivity index (χ1n) is 18.9. The molecule has 0 spiro atoms. The standard InChI is InChI=1S/C49H44N2O7/c50-51-49(52)42-25-47(57-34-40-21-43(53-30-36-13-5-1-6-14-36)27-44(22-40)54-31-37-15-7-2-8-16-37)29-48(26-42)58-35-41-23-45(55-32-38-17-9-3-10-18-38)28-46(24-41)56-33-39-19-11-4-12-20-39/h1-29H,30-35,50H2,(H,51,52). The Morgan fingerprint density at radius 2 is 0.586 bits per heavy atom. The van der Waals surface area contributed by atoms with Crippen LogP contribution in [-0.2, 0) is 39.6 Å². The minimum atomic E-state index is -0.490. The lowest BCUT2D eigenvalue weighted by molar-refractivity contribution is 0.0952. The summed E-state index contributed by atoms with van der Waals surface area (Å²) in [6.07, 6.45) is 0. The highest BCUT2D eigenvalue weighted by atomic mass is 16.5. The number of benzene rings is 7. The van der Waals surface area contributed by atoms with E-state index in [9.17, 15) is 4.79 Å². The molecule has 7 aromatic rings. The summed E-state index contributed by atoms with van der Waals surface area (Å²) in [6.45, 7) is 1.87. The Balaban J connectivity index is 1.08. The van der Waals surface area contributed by atoms with E-state index in [1.165, 1.54) is 0 Å². The summed E-state index contributed by atoms with van der Waals surface area (Å²) < 4.78 is 37.3. The van der Waals surface area contributed by atoms with Gasteiger partial charge < -0.3 is 28.4 Å². The topological polar surface area (TPSA) is 111 Å². The summed E-state index contributed by atoms with van der Waals surface area (Å²) in [6, 6.07) is 56.2. The number of ether oxygens (including phenoxy) is 6. The van der Waals surface area contributed by atoms with Crippen molar-refractivity contribution in [1.82, 2.24) is 5.43 Å². The van der Waals surface area contributed by atoms with Crippen LogP contribution in [0.1, 0.15) is 43.7 Å². The van der Waals surface area contributed by atoms with Crippen molar-refractivity contribution in [2.75, 3.05) is 0 Å². The summed E-state index contributed by atoms with van der Waals surface area (Å²) >= 11 is 0. The zero-order valence-electron chi connectivity index (χ0n) is 31.9. The highest BCUT2D eigenvalue weighted by molar-refractivity contribution is 5.94. The van der Waals surface area contributed by atoms with Crippen molar-refractivity contribution in [3.8, 4) is 34.5 Å². The predicted octanol–water partition coefficient (Wildman–Crippen LogP) is 9.76. The van der Waals surface area contributed by atoms with E-state index in [0.29, 0.717) is 60.9 Å². The van der Waals surface area contributed by atoms with Crippen molar-refractivity contribution in [1.29, 1.82) is 0 Å². The quantitative estimate of drug-likeness (QED) is 0.0475. The molecule has 0 fully saturated rings. The highest BCUT2D eigenvalue weighted by Gasteiger charge is 2.13. The maximum absolute atomic E-state index is 12.8. The molecule has 7 rings (SSSR count). The molecule has 0 saturated heterocycles. The molecule has 0 aliphatic carbocycles. The number of hydrazine groups is 1. The molecule has 7 aromatic carbocycles. The van der Waals surface area contributed by atoms with Crippen LogP contribution in [0.5, 0.6) is 34.5 Å². The van der Waals surface area contributed by atoms with E-state index in [1.54, 1.807) is 18.2 Å². The van der Waals surface area contributed by atoms with Gasteiger partial charge >= 0.3 is 0 Å². The number of amides is 1. The fraction of sp³-hybridized carbons (Fsp3) is 0.122. The summed E-state index contributed by atoms with van der Waals surface area (Å²) in [5, 5.41) is 0. The first-order valence-corrected chi connectivity index (χ1v) is 18.9. The normalized spacial score (nSPS) is 10.6. The first kappa shape index (κ1) is 39.0. The highest BCUT2D eigenvalue weighted by Crippen LogP contribution is 2.30.